The smallest absolute Gasteiger partial charge is 0.251 e. The second-order valence-corrected chi connectivity index (χ2v) is 9.69. The maximum atomic E-state index is 12.5. The van der Waals surface area contributed by atoms with Gasteiger partial charge in [-0.1, -0.05) is 36.4 Å². The average molecular weight is 421 g/mol. The fourth-order valence-electron chi connectivity index (χ4n) is 2.41. The van der Waals surface area contributed by atoms with Gasteiger partial charge in [0, 0.05) is 29.0 Å². The van der Waals surface area contributed by atoms with Gasteiger partial charge >= 0.3 is 0 Å². The molecule has 0 aliphatic rings. The third-order valence-corrected chi connectivity index (χ3v) is 5.84. The standard InChI is InChI=1S/C20H24N2O4S2/c1-28(25,26)15-12-18(22-19(23)16-8-4-2-5-9-16)20(24)21-13-14-27-17-10-6-3-7-11-17/h2-11,18H,12-15H2,1H3,(H,21,24)(H,22,23)/t18-/m1/s1. The van der Waals surface area contributed by atoms with Crippen molar-refractivity contribution in [2.75, 3.05) is 24.3 Å². The molecule has 0 spiro atoms. The molecule has 0 aliphatic carbocycles. The lowest BCUT2D eigenvalue weighted by molar-refractivity contribution is -0.122. The SMILES string of the molecule is CS(=O)(=O)CC[C@@H](NC(=O)c1ccccc1)C(=O)NCCSc1ccccc1. The van der Waals surface area contributed by atoms with Crippen LogP contribution >= 0.6 is 11.8 Å². The lowest BCUT2D eigenvalue weighted by atomic mass is 10.1. The van der Waals surface area contributed by atoms with E-state index in [2.05, 4.69) is 10.6 Å². The summed E-state index contributed by atoms with van der Waals surface area (Å²) in [4.78, 5) is 26.0. The largest absolute Gasteiger partial charge is 0.353 e. The monoisotopic (exact) mass is 420 g/mol. The molecule has 0 aromatic heterocycles. The second kappa shape index (κ2) is 10.9. The van der Waals surface area contributed by atoms with E-state index in [1.54, 1.807) is 42.1 Å². The molecule has 2 N–H and O–H groups in total. The number of nitrogens with one attached hydrogen (secondary N) is 2. The summed E-state index contributed by atoms with van der Waals surface area (Å²) >= 11 is 1.60. The van der Waals surface area contributed by atoms with Gasteiger partial charge in [-0.15, -0.1) is 11.8 Å². The van der Waals surface area contributed by atoms with Crippen molar-refractivity contribution in [3.63, 3.8) is 0 Å². The Hall–Kier alpha value is -2.32. The third kappa shape index (κ3) is 8.14. The molecule has 8 heteroatoms. The van der Waals surface area contributed by atoms with Gasteiger partial charge in [-0.3, -0.25) is 9.59 Å². The van der Waals surface area contributed by atoms with Crippen LogP contribution in [0.2, 0.25) is 0 Å². The van der Waals surface area contributed by atoms with Crippen molar-refractivity contribution in [2.45, 2.75) is 17.4 Å². The van der Waals surface area contributed by atoms with Gasteiger partial charge in [-0.05, 0) is 30.7 Å². The minimum absolute atomic E-state index is 0.0229. The highest BCUT2D eigenvalue weighted by atomic mass is 32.2. The summed E-state index contributed by atoms with van der Waals surface area (Å²) in [6.07, 6.45) is 1.13. The zero-order valence-electron chi connectivity index (χ0n) is 15.6. The maximum absolute atomic E-state index is 12.5. The van der Waals surface area contributed by atoms with E-state index in [-0.39, 0.29) is 18.1 Å². The van der Waals surface area contributed by atoms with Crippen LogP contribution in [0.5, 0.6) is 0 Å². The normalized spacial score (nSPS) is 12.2. The summed E-state index contributed by atoms with van der Waals surface area (Å²) in [7, 11) is -3.25. The Morgan fingerprint density at radius 1 is 1.00 bits per heavy atom. The van der Waals surface area contributed by atoms with Gasteiger partial charge in [-0.25, -0.2) is 8.42 Å². The van der Waals surface area contributed by atoms with Crippen LogP contribution in [0, 0.1) is 0 Å². The van der Waals surface area contributed by atoms with Crippen molar-refractivity contribution in [3.05, 3.63) is 66.2 Å². The van der Waals surface area contributed by atoms with E-state index in [9.17, 15) is 18.0 Å². The number of carbonyl (C=O) groups excluding carboxylic acids is 2. The molecule has 6 nitrogen and oxygen atoms in total. The highest BCUT2D eigenvalue weighted by molar-refractivity contribution is 7.99. The van der Waals surface area contributed by atoms with Gasteiger partial charge in [0.05, 0.1) is 5.75 Å². The molecule has 2 rings (SSSR count). The zero-order valence-corrected chi connectivity index (χ0v) is 17.3. The van der Waals surface area contributed by atoms with Crippen molar-refractivity contribution in [3.8, 4) is 0 Å². The molecule has 2 amide bonds. The molecule has 0 unspecified atom stereocenters. The summed E-state index contributed by atoms with van der Waals surface area (Å²) in [5.74, 6) is -0.311. The molecule has 0 aliphatic heterocycles. The molecule has 2 aromatic rings. The summed E-state index contributed by atoms with van der Waals surface area (Å²) in [6, 6.07) is 17.4. The molecule has 0 bridgehead atoms. The molecular weight excluding hydrogens is 396 g/mol. The second-order valence-electron chi connectivity index (χ2n) is 6.26. The van der Waals surface area contributed by atoms with Gasteiger partial charge in [0.2, 0.25) is 5.91 Å². The molecule has 0 saturated heterocycles. The average Bonchev–Trinajstić information content (AvgIpc) is 2.69. The summed E-state index contributed by atoms with van der Waals surface area (Å²) in [5, 5.41) is 5.42. The Labute approximate surface area is 170 Å². The van der Waals surface area contributed by atoms with Crippen molar-refractivity contribution >= 4 is 33.4 Å². The van der Waals surface area contributed by atoms with E-state index >= 15 is 0 Å². The Bertz CT molecular complexity index is 872. The number of carbonyl (C=O) groups is 2. The van der Waals surface area contributed by atoms with Crippen LogP contribution in [0.4, 0.5) is 0 Å². The van der Waals surface area contributed by atoms with Crippen molar-refractivity contribution in [2.24, 2.45) is 0 Å². The Morgan fingerprint density at radius 3 is 2.21 bits per heavy atom. The molecule has 2 aromatic carbocycles. The molecule has 0 fully saturated rings. The van der Waals surface area contributed by atoms with E-state index in [1.807, 2.05) is 30.3 Å². The highest BCUT2D eigenvalue weighted by Crippen LogP contribution is 2.15. The van der Waals surface area contributed by atoms with Crippen LogP contribution in [0.25, 0.3) is 0 Å². The van der Waals surface area contributed by atoms with Crippen LogP contribution in [-0.4, -0.2) is 50.6 Å². The van der Waals surface area contributed by atoms with Gasteiger partial charge in [-0.2, -0.15) is 0 Å². The zero-order chi connectivity index (χ0) is 20.4. The van der Waals surface area contributed by atoms with Crippen LogP contribution in [-0.2, 0) is 14.6 Å². The summed E-state index contributed by atoms with van der Waals surface area (Å²) in [5.41, 5.74) is 0.416. The van der Waals surface area contributed by atoms with Gasteiger partial charge in [0.25, 0.3) is 5.91 Å². The first kappa shape index (κ1) is 22.0. The van der Waals surface area contributed by atoms with Gasteiger partial charge in [0.1, 0.15) is 15.9 Å². The number of sulfone groups is 1. The molecule has 0 saturated carbocycles. The first-order valence-electron chi connectivity index (χ1n) is 8.84. The number of hydrogen-bond acceptors (Lipinski definition) is 5. The highest BCUT2D eigenvalue weighted by Gasteiger charge is 2.22. The first-order valence-corrected chi connectivity index (χ1v) is 11.9. The van der Waals surface area contributed by atoms with E-state index in [0.717, 1.165) is 11.2 Å². The van der Waals surface area contributed by atoms with Crippen molar-refractivity contribution in [1.29, 1.82) is 0 Å². The number of hydrogen-bond donors (Lipinski definition) is 2. The topological polar surface area (TPSA) is 92.3 Å². The van der Waals surface area contributed by atoms with E-state index in [0.29, 0.717) is 17.9 Å². The fraction of sp³-hybridized carbons (Fsp3) is 0.300. The Morgan fingerprint density at radius 2 is 1.61 bits per heavy atom. The number of amides is 2. The quantitative estimate of drug-likeness (QED) is 0.454. The van der Waals surface area contributed by atoms with Gasteiger partial charge < -0.3 is 10.6 Å². The molecule has 28 heavy (non-hydrogen) atoms. The number of thioether (sulfide) groups is 1. The molecular formula is C20H24N2O4S2. The van der Waals surface area contributed by atoms with Crippen molar-refractivity contribution < 1.29 is 18.0 Å². The van der Waals surface area contributed by atoms with Crippen molar-refractivity contribution in [1.82, 2.24) is 10.6 Å². The maximum Gasteiger partial charge on any atom is 0.251 e. The molecule has 150 valence electrons. The van der Waals surface area contributed by atoms with E-state index < -0.39 is 21.8 Å². The Balaban J connectivity index is 1.91. The minimum atomic E-state index is -3.25. The number of rotatable bonds is 10. The summed E-state index contributed by atoms with van der Waals surface area (Å²) < 4.78 is 23.0. The minimum Gasteiger partial charge on any atom is -0.353 e. The lowest BCUT2D eigenvalue weighted by Gasteiger charge is -2.18. The van der Waals surface area contributed by atoms with E-state index in [1.165, 1.54) is 0 Å². The van der Waals surface area contributed by atoms with Crippen LogP contribution in [0.3, 0.4) is 0 Å². The Kier molecular flexibility index (Phi) is 8.53. The lowest BCUT2D eigenvalue weighted by Crippen LogP contribution is -2.48. The molecule has 0 radical (unpaired) electrons. The van der Waals surface area contributed by atoms with Crippen LogP contribution < -0.4 is 10.6 Å². The van der Waals surface area contributed by atoms with Crippen LogP contribution in [0.1, 0.15) is 16.8 Å². The predicted molar refractivity (Wildman–Crippen MR) is 112 cm³/mol. The van der Waals surface area contributed by atoms with Gasteiger partial charge in [0.15, 0.2) is 0 Å². The fourth-order valence-corrected chi connectivity index (χ4v) is 3.87. The third-order valence-electron chi connectivity index (χ3n) is 3.85. The first-order chi connectivity index (χ1) is 13.3. The summed E-state index contributed by atoms with van der Waals surface area (Å²) in [6.45, 7) is 0.412. The number of benzene rings is 2. The molecule has 0 heterocycles. The van der Waals surface area contributed by atoms with Crippen LogP contribution in [0.15, 0.2) is 65.6 Å². The predicted octanol–water partition coefficient (Wildman–Crippen LogP) is 2.13. The van der Waals surface area contributed by atoms with E-state index in [4.69, 9.17) is 0 Å². The molecule has 1 atom stereocenters.